The van der Waals surface area contributed by atoms with Crippen LogP contribution < -0.4 is 0 Å². The van der Waals surface area contributed by atoms with Crippen molar-refractivity contribution in [3.63, 3.8) is 0 Å². The molecule has 0 aliphatic heterocycles. The summed E-state index contributed by atoms with van der Waals surface area (Å²) in [7, 11) is 0. The fraction of sp³-hybridized carbons (Fsp3) is 0. The second kappa shape index (κ2) is 2.84. The maximum absolute atomic E-state index is 9.26. The van der Waals surface area contributed by atoms with Gasteiger partial charge in [0.1, 0.15) is 0 Å². The number of carbonyl (C=O) groups is 1. The Balaban J connectivity index is 3.32. The zero-order chi connectivity index (χ0) is 4.99. The van der Waals surface area contributed by atoms with Gasteiger partial charge in [-0.3, -0.25) is 0 Å². The molecule has 0 rings (SSSR count). The molecule has 5 heteroatoms. The third kappa shape index (κ3) is 3.63. The summed E-state index contributed by atoms with van der Waals surface area (Å²) in [4.78, 5) is 9.03. The Morgan fingerprint density at radius 3 is 2.00 bits per heavy atom. The van der Waals surface area contributed by atoms with E-state index >= 15 is 0 Å². The SMILES string of the molecule is O=CO[As](=O)=O. The molecule has 0 fully saturated rings. The molecule has 0 aliphatic rings. The van der Waals surface area contributed by atoms with Crippen LogP contribution in [-0.4, -0.2) is 21.3 Å². The second-order valence-electron chi connectivity index (χ2n) is 0.425. The van der Waals surface area contributed by atoms with Crippen LogP contribution in [0.1, 0.15) is 0 Å². The quantitative estimate of drug-likeness (QED) is 0.376. The van der Waals surface area contributed by atoms with E-state index in [4.69, 9.17) is 4.79 Å². The summed E-state index contributed by atoms with van der Waals surface area (Å²) >= 11 is -3.59. The normalized spacial score (nSPS) is 6.67. The van der Waals surface area contributed by atoms with Crippen LogP contribution in [-0.2, 0) is 16.0 Å². The van der Waals surface area contributed by atoms with E-state index in [0.29, 0.717) is 0 Å². The molecule has 0 heterocycles. The van der Waals surface area contributed by atoms with E-state index in [1.54, 1.807) is 0 Å². The van der Waals surface area contributed by atoms with Crippen molar-refractivity contribution in [3.8, 4) is 0 Å². The molecule has 34 valence electrons. The van der Waals surface area contributed by atoms with Crippen molar-refractivity contribution in [2.24, 2.45) is 0 Å². The molecular weight excluding hydrogens is 151 g/mol. The molecule has 0 aliphatic carbocycles. The van der Waals surface area contributed by atoms with Crippen LogP contribution in [0.15, 0.2) is 0 Å². The van der Waals surface area contributed by atoms with Gasteiger partial charge in [0.05, 0.1) is 0 Å². The number of carbonyl (C=O) groups excluding carboxylic acids is 1. The summed E-state index contributed by atoms with van der Waals surface area (Å²) in [6, 6.07) is 0. The first-order chi connectivity index (χ1) is 2.77. The van der Waals surface area contributed by atoms with Crippen LogP contribution in [0.2, 0.25) is 0 Å². The Morgan fingerprint density at radius 2 is 2.00 bits per heavy atom. The Hall–Kier alpha value is -0.372. The molecule has 0 saturated carbocycles. The molecule has 0 spiro atoms. The molecule has 0 unspecified atom stereocenters. The number of hydrogen-bond acceptors (Lipinski definition) is 4. The van der Waals surface area contributed by atoms with Gasteiger partial charge < -0.3 is 0 Å². The van der Waals surface area contributed by atoms with Gasteiger partial charge in [0.2, 0.25) is 0 Å². The fourth-order valence-electron chi connectivity index (χ4n) is 0.0351. The predicted molar refractivity (Wildman–Crippen MR) is 14.3 cm³/mol. The number of hydrogen-bond donors (Lipinski definition) is 0. The van der Waals surface area contributed by atoms with E-state index in [9.17, 15) is 7.48 Å². The summed E-state index contributed by atoms with van der Waals surface area (Å²) in [6.45, 7) is -0.111. The zero-order valence-corrected chi connectivity index (χ0v) is 4.53. The minimum absolute atomic E-state index is 0.111. The molecule has 0 bridgehead atoms. The molecule has 0 radical (unpaired) electrons. The topological polar surface area (TPSA) is 60.4 Å². The minimum atomic E-state index is -3.59. The molecule has 0 N–H and O–H groups in total. The van der Waals surface area contributed by atoms with Crippen LogP contribution in [0.5, 0.6) is 0 Å². The van der Waals surface area contributed by atoms with E-state index in [2.05, 4.69) is 3.73 Å². The summed E-state index contributed by atoms with van der Waals surface area (Å²) in [5, 5.41) is 0. The van der Waals surface area contributed by atoms with Gasteiger partial charge in [-0.05, 0) is 0 Å². The van der Waals surface area contributed by atoms with Gasteiger partial charge in [-0.1, -0.05) is 0 Å². The van der Waals surface area contributed by atoms with Crippen LogP contribution in [0.3, 0.4) is 0 Å². The van der Waals surface area contributed by atoms with Gasteiger partial charge >= 0.3 is 37.3 Å². The average Bonchev–Trinajstić information content (AvgIpc) is 1.35. The van der Waals surface area contributed by atoms with Gasteiger partial charge in [-0.25, -0.2) is 0 Å². The molecule has 4 nitrogen and oxygen atoms in total. The van der Waals surface area contributed by atoms with Crippen molar-refractivity contribution in [3.05, 3.63) is 0 Å². The van der Waals surface area contributed by atoms with E-state index in [1.165, 1.54) is 0 Å². The molecule has 0 amide bonds. The molecule has 6 heavy (non-hydrogen) atoms. The zero-order valence-electron chi connectivity index (χ0n) is 2.66. The maximum atomic E-state index is 9.26. The van der Waals surface area contributed by atoms with Crippen molar-refractivity contribution in [2.75, 3.05) is 0 Å². The van der Waals surface area contributed by atoms with Crippen LogP contribution >= 0.6 is 0 Å². The van der Waals surface area contributed by atoms with Crippen LogP contribution in [0, 0.1) is 0 Å². The standard InChI is InChI=1S/CHAsO4/c3-1-6-2(4)5/h1H. The summed E-state index contributed by atoms with van der Waals surface area (Å²) in [5.41, 5.74) is 0. The first kappa shape index (κ1) is 5.63. The third-order valence-corrected chi connectivity index (χ3v) is 0.671. The van der Waals surface area contributed by atoms with E-state index in [-0.39, 0.29) is 6.47 Å². The van der Waals surface area contributed by atoms with Crippen molar-refractivity contribution in [1.82, 2.24) is 0 Å². The third-order valence-electron chi connectivity index (χ3n) is 0.129. The first-order valence-electron chi connectivity index (χ1n) is 1.02. The Morgan fingerprint density at radius 1 is 1.50 bits per heavy atom. The van der Waals surface area contributed by atoms with Gasteiger partial charge in [0.25, 0.3) is 0 Å². The van der Waals surface area contributed by atoms with Crippen LogP contribution in [0.25, 0.3) is 0 Å². The molecule has 0 aromatic rings. The number of rotatable bonds is 2. The molecule has 0 aromatic heterocycles. The average molecular weight is 152 g/mol. The molecule has 0 aromatic carbocycles. The Labute approximate surface area is 38.2 Å². The van der Waals surface area contributed by atoms with Crippen molar-refractivity contribution >= 4 is 21.3 Å². The van der Waals surface area contributed by atoms with E-state index in [0.717, 1.165) is 0 Å². The van der Waals surface area contributed by atoms with Crippen molar-refractivity contribution in [2.45, 2.75) is 0 Å². The van der Waals surface area contributed by atoms with E-state index in [1.807, 2.05) is 0 Å². The Bertz CT molecular complexity index is 94.1. The fourth-order valence-corrected chi connectivity index (χ4v) is 0.183. The summed E-state index contributed by atoms with van der Waals surface area (Å²) in [5.74, 6) is 0. The van der Waals surface area contributed by atoms with Gasteiger partial charge in [-0.15, -0.1) is 0 Å². The van der Waals surface area contributed by atoms with E-state index < -0.39 is 14.9 Å². The summed E-state index contributed by atoms with van der Waals surface area (Å²) in [6.07, 6.45) is 0. The monoisotopic (exact) mass is 152 g/mol. The Kier molecular flexibility index (Phi) is 2.67. The van der Waals surface area contributed by atoms with Gasteiger partial charge in [-0.2, -0.15) is 0 Å². The van der Waals surface area contributed by atoms with Crippen molar-refractivity contribution in [1.29, 1.82) is 0 Å². The first-order valence-corrected chi connectivity index (χ1v) is 3.32. The van der Waals surface area contributed by atoms with Gasteiger partial charge in [0.15, 0.2) is 0 Å². The van der Waals surface area contributed by atoms with Crippen LogP contribution in [0.4, 0.5) is 0 Å². The second-order valence-corrected chi connectivity index (χ2v) is 1.81. The van der Waals surface area contributed by atoms with Crippen molar-refractivity contribution < 1.29 is 16.0 Å². The molecule has 0 atom stereocenters. The molecule has 0 saturated heterocycles. The summed E-state index contributed by atoms with van der Waals surface area (Å²) < 4.78 is 21.9. The molecular formula is CHAsO4. The van der Waals surface area contributed by atoms with Gasteiger partial charge in [0, 0.05) is 0 Å². The predicted octanol–water partition coefficient (Wildman–Crippen LogP) is -0.995.